The van der Waals surface area contributed by atoms with Crippen molar-refractivity contribution in [1.29, 1.82) is 0 Å². The SMILES string of the molecule is CC(C)(C)NS(=O)(=O)N[C@@H](CC(=O)O)c1ccnc(Br)c1. The van der Waals surface area contributed by atoms with Crippen LogP contribution in [0.25, 0.3) is 0 Å². The van der Waals surface area contributed by atoms with Crippen molar-refractivity contribution in [2.45, 2.75) is 38.8 Å². The third-order valence-corrected chi connectivity index (χ3v) is 4.18. The second-order valence-electron chi connectivity index (χ2n) is 5.54. The number of carbonyl (C=O) groups is 1. The highest BCUT2D eigenvalue weighted by atomic mass is 79.9. The Kier molecular flexibility index (Phi) is 5.85. The second kappa shape index (κ2) is 6.82. The third-order valence-electron chi connectivity index (χ3n) is 2.27. The molecule has 1 aromatic heterocycles. The maximum absolute atomic E-state index is 12.1. The third kappa shape index (κ3) is 6.98. The summed E-state index contributed by atoms with van der Waals surface area (Å²) in [7, 11) is -3.84. The van der Waals surface area contributed by atoms with Crippen molar-refractivity contribution in [2.75, 3.05) is 0 Å². The summed E-state index contributed by atoms with van der Waals surface area (Å²) in [6.07, 6.45) is 1.10. The van der Waals surface area contributed by atoms with E-state index in [9.17, 15) is 13.2 Å². The van der Waals surface area contributed by atoms with Crippen LogP contribution in [0, 0.1) is 0 Å². The molecular formula is C12H18BrN3O4S. The van der Waals surface area contributed by atoms with E-state index in [1.807, 2.05) is 0 Å². The van der Waals surface area contributed by atoms with Gasteiger partial charge in [0, 0.05) is 11.7 Å². The molecule has 0 spiro atoms. The van der Waals surface area contributed by atoms with E-state index in [0.29, 0.717) is 10.2 Å². The molecule has 0 fully saturated rings. The summed E-state index contributed by atoms with van der Waals surface area (Å²) >= 11 is 3.17. The molecule has 1 heterocycles. The van der Waals surface area contributed by atoms with E-state index in [1.54, 1.807) is 32.9 Å². The van der Waals surface area contributed by atoms with Crippen molar-refractivity contribution in [2.24, 2.45) is 0 Å². The van der Waals surface area contributed by atoms with Gasteiger partial charge in [-0.2, -0.15) is 17.9 Å². The molecule has 7 nitrogen and oxygen atoms in total. The van der Waals surface area contributed by atoms with Gasteiger partial charge in [-0.15, -0.1) is 0 Å². The molecule has 0 saturated heterocycles. The van der Waals surface area contributed by atoms with Crippen LogP contribution in [-0.2, 0) is 15.0 Å². The molecule has 1 atom stereocenters. The first kappa shape index (κ1) is 18.0. The van der Waals surface area contributed by atoms with Crippen LogP contribution in [-0.4, -0.2) is 30.0 Å². The zero-order valence-electron chi connectivity index (χ0n) is 11.9. The maximum Gasteiger partial charge on any atom is 0.305 e. The lowest BCUT2D eigenvalue weighted by atomic mass is 10.1. The summed E-state index contributed by atoms with van der Waals surface area (Å²) in [5.41, 5.74) is -0.156. The largest absolute Gasteiger partial charge is 0.481 e. The number of pyridine rings is 1. The lowest BCUT2D eigenvalue weighted by Gasteiger charge is -2.24. The van der Waals surface area contributed by atoms with Gasteiger partial charge in [0.2, 0.25) is 0 Å². The van der Waals surface area contributed by atoms with Crippen LogP contribution in [0.15, 0.2) is 22.9 Å². The summed E-state index contributed by atoms with van der Waals surface area (Å²) in [5, 5.41) is 8.96. The number of halogens is 1. The summed E-state index contributed by atoms with van der Waals surface area (Å²) in [5.74, 6) is -1.11. The van der Waals surface area contributed by atoms with Gasteiger partial charge in [0.25, 0.3) is 10.2 Å². The maximum atomic E-state index is 12.1. The van der Waals surface area contributed by atoms with Gasteiger partial charge in [0.15, 0.2) is 0 Å². The topological polar surface area (TPSA) is 108 Å². The molecule has 0 aliphatic rings. The molecule has 21 heavy (non-hydrogen) atoms. The number of carboxylic acids is 1. The minimum absolute atomic E-state index is 0.374. The first-order valence-corrected chi connectivity index (χ1v) is 8.40. The van der Waals surface area contributed by atoms with Gasteiger partial charge in [-0.25, -0.2) is 4.98 Å². The Labute approximate surface area is 132 Å². The number of nitrogens with one attached hydrogen (secondary N) is 2. The summed E-state index contributed by atoms with van der Waals surface area (Å²) in [4.78, 5) is 14.9. The Hall–Kier alpha value is -1.03. The van der Waals surface area contributed by atoms with Crippen molar-refractivity contribution in [1.82, 2.24) is 14.4 Å². The molecule has 0 aliphatic heterocycles. The average Bonchev–Trinajstić information content (AvgIpc) is 2.23. The van der Waals surface area contributed by atoms with E-state index in [2.05, 4.69) is 30.4 Å². The molecule has 1 rings (SSSR count). The predicted octanol–water partition coefficient (Wildman–Crippen LogP) is 1.58. The van der Waals surface area contributed by atoms with Crippen LogP contribution in [0.3, 0.4) is 0 Å². The van der Waals surface area contributed by atoms with Crippen LogP contribution in [0.4, 0.5) is 0 Å². The average molecular weight is 380 g/mol. The molecule has 118 valence electrons. The van der Waals surface area contributed by atoms with Gasteiger partial charge in [-0.05, 0) is 54.4 Å². The zero-order chi connectivity index (χ0) is 16.3. The van der Waals surface area contributed by atoms with Crippen molar-refractivity contribution in [3.63, 3.8) is 0 Å². The molecule has 0 radical (unpaired) electrons. The number of carboxylic acid groups (broad SMARTS) is 1. The Morgan fingerprint density at radius 3 is 2.57 bits per heavy atom. The Bertz CT molecular complexity index is 613. The Balaban J connectivity index is 3.02. The number of aliphatic carboxylic acids is 1. The molecular weight excluding hydrogens is 362 g/mol. The number of aromatic nitrogens is 1. The van der Waals surface area contributed by atoms with Crippen LogP contribution < -0.4 is 9.44 Å². The van der Waals surface area contributed by atoms with E-state index < -0.39 is 27.8 Å². The van der Waals surface area contributed by atoms with Gasteiger partial charge < -0.3 is 5.11 Å². The van der Waals surface area contributed by atoms with Gasteiger partial charge in [-0.3, -0.25) is 4.79 Å². The van der Waals surface area contributed by atoms with E-state index >= 15 is 0 Å². The fourth-order valence-corrected chi connectivity index (χ4v) is 3.50. The van der Waals surface area contributed by atoms with Gasteiger partial charge in [0.1, 0.15) is 4.60 Å². The number of hydrogen-bond donors (Lipinski definition) is 3. The highest BCUT2D eigenvalue weighted by Gasteiger charge is 2.25. The van der Waals surface area contributed by atoms with Crippen molar-refractivity contribution < 1.29 is 18.3 Å². The fourth-order valence-electron chi connectivity index (χ4n) is 1.66. The van der Waals surface area contributed by atoms with E-state index in [1.165, 1.54) is 6.20 Å². The summed E-state index contributed by atoms with van der Waals surface area (Å²) in [6.45, 7) is 5.09. The molecule has 0 unspecified atom stereocenters. The van der Waals surface area contributed by atoms with Crippen LogP contribution in [0.2, 0.25) is 0 Å². The Morgan fingerprint density at radius 1 is 1.48 bits per heavy atom. The smallest absolute Gasteiger partial charge is 0.305 e. The lowest BCUT2D eigenvalue weighted by Crippen LogP contribution is -2.48. The standard InChI is InChI=1S/C12H18BrN3O4S/c1-12(2,3)16-21(19,20)15-9(7-11(17)18)8-4-5-14-10(13)6-8/h4-6,9,15-16H,7H2,1-3H3,(H,17,18)/t9-/m0/s1. The molecule has 0 aliphatic carbocycles. The molecule has 9 heteroatoms. The first-order chi connectivity index (χ1) is 9.48. The van der Waals surface area contributed by atoms with Crippen LogP contribution >= 0.6 is 15.9 Å². The van der Waals surface area contributed by atoms with Crippen molar-refractivity contribution >= 4 is 32.1 Å². The summed E-state index contributed by atoms with van der Waals surface area (Å²) < 4.78 is 29.4. The summed E-state index contributed by atoms with van der Waals surface area (Å²) in [6, 6.07) is 2.26. The lowest BCUT2D eigenvalue weighted by molar-refractivity contribution is -0.137. The highest BCUT2D eigenvalue weighted by molar-refractivity contribution is 9.10. The highest BCUT2D eigenvalue weighted by Crippen LogP contribution is 2.20. The minimum Gasteiger partial charge on any atom is -0.481 e. The normalized spacial score (nSPS) is 13.9. The molecule has 3 N–H and O–H groups in total. The van der Waals surface area contributed by atoms with Crippen LogP contribution in [0.5, 0.6) is 0 Å². The number of nitrogens with zero attached hydrogens (tertiary/aromatic N) is 1. The minimum atomic E-state index is -3.84. The quantitative estimate of drug-likeness (QED) is 0.650. The van der Waals surface area contributed by atoms with Crippen LogP contribution in [0.1, 0.15) is 38.8 Å². The second-order valence-corrected chi connectivity index (χ2v) is 7.79. The van der Waals surface area contributed by atoms with E-state index in [4.69, 9.17) is 5.11 Å². The molecule has 0 aromatic carbocycles. The van der Waals surface area contributed by atoms with E-state index in [0.717, 1.165) is 0 Å². The van der Waals surface area contributed by atoms with Gasteiger partial charge in [0.05, 0.1) is 12.5 Å². The van der Waals surface area contributed by atoms with E-state index in [-0.39, 0.29) is 6.42 Å². The van der Waals surface area contributed by atoms with Gasteiger partial charge >= 0.3 is 5.97 Å². The molecule has 1 aromatic rings. The number of rotatable bonds is 6. The van der Waals surface area contributed by atoms with Crippen molar-refractivity contribution in [3.8, 4) is 0 Å². The monoisotopic (exact) mass is 379 g/mol. The van der Waals surface area contributed by atoms with Crippen molar-refractivity contribution in [3.05, 3.63) is 28.5 Å². The molecule has 0 bridgehead atoms. The Morgan fingerprint density at radius 2 is 2.10 bits per heavy atom. The molecule has 0 saturated carbocycles. The molecule has 0 amide bonds. The zero-order valence-corrected chi connectivity index (χ0v) is 14.3. The number of hydrogen-bond acceptors (Lipinski definition) is 4. The first-order valence-electron chi connectivity index (χ1n) is 6.13. The van der Waals surface area contributed by atoms with Gasteiger partial charge in [-0.1, -0.05) is 0 Å². The fraction of sp³-hybridized carbons (Fsp3) is 0.500. The predicted molar refractivity (Wildman–Crippen MR) is 81.9 cm³/mol.